The summed E-state index contributed by atoms with van der Waals surface area (Å²) in [5.41, 5.74) is 8.94. The largest absolute Gasteiger partial charge is 0.476 e. The number of nitrogens with two attached hydrogens (primary N) is 1. The van der Waals surface area contributed by atoms with E-state index in [1.54, 1.807) is 7.05 Å². The predicted octanol–water partition coefficient (Wildman–Crippen LogP) is 0.221. The molecule has 0 saturated carbocycles. The van der Waals surface area contributed by atoms with Crippen molar-refractivity contribution in [1.82, 2.24) is 10.6 Å². The molecule has 0 aliphatic heterocycles. The van der Waals surface area contributed by atoms with E-state index in [1.165, 1.54) is 0 Å². The third kappa shape index (κ3) is 1.95. The molecule has 0 unspecified atom stereocenters. The third-order valence-corrected chi connectivity index (χ3v) is 1.63. The predicted molar refractivity (Wildman–Crippen MR) is 52.2 cm³/mol. The normalized spacial score (nSPS) is 11.5. The van der Waals surface area contributed by atoms with Crippen LogP contribution < -0.4 is 15.9 Å². The van der Waals surface area contributed by atoms with Crippen LogP contribution in [0.25, 0.3) is 0 Å². The number of nitrogens with one attached hydrogen (secondary N) is 1. The molecule has 1 aromatic rings. The Balaban J connectivity index is 2.94. The zero-order valence-electron chi connectivity index (χ0n) is 8.50. The SMILES string of the molecule is CCOc1noc(/C(N)=N/NC)c1C. The lowest BCUT2D eigenvalue weighted by Gasteiger charge is -1.98. The Labute approximate surface area is 82.1 Å². The van der Waals surface area contributed by atoms with E-state index >= 15 is 0 Å². The van der Waals surface area contributed by atoms with E-state index in [2.05, 4.69) is 15.7 Å². The van der Waals surface area contributed by atoms with Crippen LogP contribution in [0.2, 0.25) is 0 Å². The van der Waals surface area contributed by atoms with Crippen molar-refractivity contribution in [1.29, 1.82) is 0 Å². The fraction of sp³-hybridized carbons (Fsp3) is 0.500. The molecule has 0 aliphatic rings. The second-order valence-electron chi connectivity index (χ2n) is 2.60. The van der Waals surface area contributed by atoms with Gasteiger partial charge in [0.2, 0.25) is 5.76 Å². The van der Waals surface area contributed by atoms with Gasteiger partial charge < -0.3 is 20.4 Å². The Morgan fingerprint density at radius 2 is 2.43 bits per heavy atom. The van der Waals surface area contributed by atoms with E-state index in [0.29, 0.717) is 18.2 Å². The van der Waals surface area contributed by atoms with Crippen molar-refractivity contribution in [2.45, 2.75) is 13.8 Å². The standard InChI is InChI=1S/C8H14N4O2/c1-4-13-8-5(2)6(14-12-8)7(9)11-10-3/h10H,4H2,1-3H3,(H2,9,11). The van der Waals surface area contributed by atoms with Gasteiger partial charge in [-0.2, -0.15) is 5.10 Å². The fourth-order valence-corrected chi connectivity index (χ4v) is 1.00. The van der Waals surface area contributed by atoms with Crippen molar-refractivity contribution in [3.05, 3.63) is 11.3 Å². The minimum atomic E-state index is 0.253. The molecule has 1 heterocycles. The Hall–Kier alpha value is -1.72. The molecular formula is C8H14N4O2. The van der Waals surface area contributed by atoms with E-state index in [-0.39, 0.29) is 5.84 Å². The van der Waals surface area contributed by atoms with Gasteiger partial charge in [-0.1, -0.05) is 0 Å². The highest BCUT2D eigenvalue weighted by Gasteiger charge is 2.15. The molecule has 3 N–H and O–H groups in total. The maximum atomic E-state index is 5.61. The molecule has 0 saturated heterocycles. The highest BCUT2D eigenvalue weighted by atomic mass is 16.5. The van der Waals surface area contributed by atoms with Gasteiger partial charge in [-0.05, 0) is 19.0 Å². The van der Waals surface area contributed by atoms with Crippen LogP contribution in [-0.2, 0) is 0 Å². The molecule has 0 spiro atoms. The Bertz CT molecular complexity index is 332. The summed E-state index contributed by atoms with van der Waals surface area (Å²) in [6.07, 6.45) is 0. The molecule has 1 aromatic heterocycles. The lowest BCUT2D eigenvalue weighted by molar-refractivity contribution is 0.293. The number of hydrogen-bond donors (Lipinski definition) is 2. The van der Waals surface area contributed by atoms with Crippen molar-refractivity contribution >= 4 is 5.84 Å². The third-order valence-electron chi connectivity index (χ3n) is 1.63. The molecule has 78 valence electrons. The summed E-state index contributed by atoms with van der Waals surface area (Å²) in [7, 11) is 1.65. The van der Waals surface area contributed by atoms with E-state index < -0.39 is 0 Å². The first kappa shape index (κ1) is 10.4. The van der Waals surface area contributed by atoms with Crippen LogP contribution in [-0.4, -0.2) is 24.6 Å². The second kappa shape index (κ2) is 4.50. The van der Waals surface area contributed by atoms with E-state index in [9.17, 15) is 0 Å². The molecule has 0 bridgehead atoms. The monoisotopic (exact) mass is 198 g/mol. The number of hydrazone groups is 1. The molecule has 0 aliphatic carbocycles. The average Bonchev–Trinajstić information content (AvgIpc) is 2.49. The van der Waals surface area contributed by atoms with Gasteiger partial charge in [-0.3, -0.25) is 0 Å². The fourth-order valence-electron chi connectivity index (χ4n) is 1.00. The van der Waals surface area contributed by atoms with Crippen molar-refractivity contribution in [2.75, 3.05) is 13.7 Å². The molecule has 0 amide bonds. The van der Waals surface area contributed by atoms with Gasteiger partial charge in [0, 0.05) is 7.05 Å². The quantitative estimate of drug-likeness (QED) is 0.410. The first-order chi connectivity index (χ1) is 6.70. The molecule has 6 nitrogen and oxygen atoms in total. The summed E-state index contributed by atoms with van der Waals surface area (Å²) >= 11 is 0. The smallest absolute Gasteiger partial charge is 0.257 e. The number of rotatable bonds is 4. The molecule has 14 heavy (non-hydrogen) atoms. The van der Waals surface area contributed by atoms with Crippen molar-refractivity contribution in [3.63, 3.8) is 0 Å². The first-order valence-corrected chi connectivity index (χ1v) is 4.30. The van der Waals surface area contributed by atoms with E-state index in [1.807, 2.05) is 13.8 Å². The summed E-state index contributed by atoms with van der Waals surface area (Å²) in [5.74, 6) is 1.14. The molecule has 0 aromatic carbocycles. The topological polar surface area (TPSA) is 85.7 Å². The van der Waals surface area contributed by atoms with Crippen molar-refractivity contribution in [2.24, 2.45) is 10.8 Å². The zero-order chi connectivity index (χ0) is 10.6. The van der Waals surface area contributed by atoms with Crippen LogP contribution in [0.4, 0.5) is 0 Å². The molecular weight excluding hydrogens is 184 g/mol. The maximum absolute atomic E-state index is 5.61. The first-order valence-electron chi connectivity index (χ1n) is 4.30. The number of hydrogen-bond acceptors (Lipinski definition) is 5. The number of nitrogens with zero attached hydrogens (tertiary/aromatic N) is 2. The molecule has 0 fully saturated rings. The van der Waals surface area contributed by atoms with Gasteiger partial charge in [0.15, 0.2) is 5.84 Å². The molecule has 6 heteroatoms. The van der Waals surface area contributed by atoms with Crippen LogP contribution in [0, 0.1) is 6.92 Å². The highest BCUT2D eigenvalue weighted by molar-refractivity contribution is 5.96. The maximum Gasteiger partial charge on any atom is 0.257 e. The van der Waals surface area contributed by atoms with Gasteiger partial charge in [0.1, 0.15) is 0 Å². The minimum Gasteiger partial charge on any atom is -0.476 e. The van der Waals surface area contributed by atoms with Crippen LogP contribution in [0.15, 0.2) is 9.62 Å². The summed E-state index contributed by atoms with van der Waals surface area (Å²) in [5, 5.41) is 7.51. The van der Waals surface area contributed by atoms with Gasteiger partial charge in [0.25, 0.3) is 5.88 Å². The Kier molecular flexibility index (Phi) is 3.33. The lowest BCUT2D eigenvalue weighted by atomic mass is 10.2. The van der Waals surface area contributed by atoms with Gasteiger partial charge in [-0.15, -0.1) is 0 Å². The van der Waals surface area contributed by atoms with E-state index in [0.717, 1.165) is 5.56 Å². The van der Waals surface area contributed by atoms with Gasteiger partial charge in [-0.25, -0.2) is 0 Å². The minimum absolute atomic E-state index is 0.253. The average molecular weight is 198 g/mol. The Morgan fingerprint density at radius 3 is 3.00 bits per heavy atom. The second-order valence-corrected chi connectivity index (χ2v) is 2.60. The Morgan fingerprint density at radius 1 is 1.71 bits per heavy atom. The molecule has 0 atom stereocenters. The van der Waals surface area contributed by atoms with Gasteiger partial charge >= 0.3 is 0 Å². The van der Waals surface area contributed by atoms with Crippen LogP contribution in [0.1, 0.15) is 18.2 Å². The van der Waals surface area contributed by atoms with Crippen molar-refractivity contribution in [3.8, 4) is 5.88 Å². The summed E-state index contributed by atoms with van der Waals surface area (Å²) < 4.78 is 10.2. The lowest BCUT2D eigenvalue weighted by Crippen LogP contribution is -2.17. The van der Waals surface area contributed by atoms with Crippen LogP contribution >= 0.6 is 0 Å². The number of amidine groups is 1. The number of aromatic nitrogens is 1. The van der Waals surface area contributed by atoms with Crippen molar-refractivity contribution < 1.29 is 9.26 Å². The molecule has 0 radical (unpaired) electrons. The summed E-state index contributed by atoms with van der Waals surface area (Å²) in [4.78, 5) is 0. The summed E-state index contributed by atoms with van der Waals surface area (Å²) in [6.45, 7) is 4.23. The zero-order valence-corrected chi connectivity index (χ0v) is 8.50. The van der Waals surface area contributed by atoms with Gasteiger partial charge in [0.05, 0.1) is 12.2 Å². The molecule has 1 rings (SSSR count). The highest BCUT2D eigenvalue weighted by Crippen LogP contribution is 2.19. The van der Waals surface area contributed by atoms with Crippen LogP contribution in [0.3, 0.4) is 0 Å². The number of ether oxygens (including phenoxy) is 1. The summed E-state index contributed by atoms with van der Waals surface area (Å²) in [6, 6.07) is 0. The van der Waals surface area contributed by atoms with E-state index in [4.69, 9.17) is 15.0 Å². The van der Waals surface area contributed by atoms with Crippen LogP contribution in [0.5, 0.6) is 5.88 Å².